The van der Waals surface area contributed by atoms with Crippen LogP contribution in [0.15, 0.2) is 48.9 Å². The lowest BCUT2D eigenvalue weighted by Crippen LogP contribution is -2.55. The molecular weight excluding hydrogens is 633 g/mol. The van der Waals surface area contributed by atoms with E-state index in [0.29, 0.717) is 66.7 Å². The summed E-state index contributed by atoms with van der Waals surface area (Å²) in [6.45, 7) is 5.24. The number of fused-ring (bicyclic) bond motifs is 1. The molecule has 3 amide bonds. The molecule has 0 bridgehead atoms. The number of hydrogen-bond donors (Lipinski definition) is 4. The lowest BCUT2D eigenvalue weighted by Gasteiger charge is -2.35. The average Bonchev–Trinajstić information content (AvgIpc) is 3.50. The van der Waals surface area contributed by atoms with Crippen molar-refractivity contribution in [3.05, 3.63) is 70.9 Å². The fourth-order valence-electron chi connectivity index (χ4n) is 4.92. The number of ether oxygens (including phenoxy) is 1. The average molecular weight is 666 g/mol. The van der Waals surface area contributed by atoms with E-state index in [1.54, 1.807) is 57.1 Å². The molecule has 4 aromatic rings. The molecule has 0 aliphatic carbocycles. The number of amides is 3. The van der Waals surface area contributed by atoms with Crippen LogP contribution < -0.4 is 21.1 Å². The normalized spacial score (nSPS) is 13.2. The Bertz CT molecular complexity index is 1800. The maximum Gasteiger partial charge on any atom is 0.317 e. The number of nitrogens with two attached hydrogens (primary N) is 1. The van der Waals surface area contributed by atoms with Crippen molar-refractivity contribution in [1.82, 2.24) is 29.5 Å². The lowest BCUT2D eigenvalue weighted by atomic mass is 10.1. The SMILES string of the molecule is Cc1cc(Nc2nccn3c(-c4ccc(OCC#N)c(F)c4Cl)cnc23)ccc1C(=O)N1CCN(C(=O)N[C@H](C)CN)CC1.O=CO. The Morgan fingerprint density at radius 2 is 1.91 bits per heavy atom. The summed E-state index contributed by atoms with van der Waals surface area (Å²) in [5.74, 6) is -0.536. The first-order valence-electron chi connectivity index (χ1n) is 14.4. The quantitative estimate of drug-likeness (QED) is 0.202. The molecule has 246 valence electrons. The zero-order chi connectivity index (χ0) is 34.1. The van der Waals surface area contributed by atoms with Gasteiger partial charge >= 0.3 is 6.03 Å². The van der Waals surface area contributed by atoms with Crippen LogP contribution >= 0.6 is 11.6 Å². The molecule has 1 atom stereocenters. The van der Waals surface area contributed by atoms with Gasteiger partial charge in [0.2, 0.25) is 0 Å². The number of rotatable bonds is 8. The van der Waals surface area contributed by atoms with Crippen molar-refractivity contribution in [2.24, 2.45) is 5.73 Å². The molecule has 2 aromatic heterocycles. The topological polar surface area (TPSA) is 191 Å². The fraction of sp³-hybridized carbons (Fsp3) is 0.290. The van der Waals surface area contributed by atoms with Crippen LogP contribution in [0.1, 0.15) is 22.8 Å². The van der Waals surface area contributed by atoms with Crippen molar-refractivity contribution in [1.29, 1.82) is 5.26 Å². The van der Waals surface area contributed by atoms with Gasteiger partial charge in [0, 0.05) is 68.0 Å². The number of halogens is 2. The highest BCUT2D eigenvalue weighted by molar-refractivity contribution is 6.33. The van der Waals surface area contributed by atoms with Gasteiger partial charge in [-0.3, -0.25) is 14.0 Å². The number of urea groups is 1. The second kappa shape index (κ2) is 15.7. The van der Waals surface area contributed by atoms with E-state index in [-0.39, 0.29) is 41.8 Å². The lowest BCUT2D eigenvalue weighted by molar-refractivity contribution is -0.122. The van der Waals surface area contributed by atoms with Crippen LogP contribution in [-0.2, 0) is 4.79 Å². The van der Waals surface area contributed by atoms with Gasteiger partial charge in [-0.05, 0) is 49.7 Å². The number of carboxylic acid groups (broad SMARTS) is 1. The molecule has 0 spiro atoms. The van der Waals surface area contributed by atoms with E-state index in [1.807, 2.05) is 19.9 Å². The van der Waals surface area contributed by atoms with Gasteiger partial charge in [-0.2, -0.15) is 5.26 Å². The number of nitriles is 1. The summed E-state index contributed by atoms with van der Waals surface area (Å²) in [6, 6.07) is 9.93. The number of carbonyl (C=O) groups excluding carboxylic acids is 2. The van der Waals surface area contributed by atoms with Crippen LogP contribution in [0, 0.1) is 24.1 Å². The number of benzene rings is 2. The van der Waals surface area contributed by atoms with Crippen molar-refractivity contribution < 1.29 is 28.6 Å². The summed E-state index contributed by atoms with van der Waals surface area (Å²) in [4.78, 5) is 46.4. The van der Waals surface area contributed by atoms with E-state index in [9.17, 15) is 14.0 Å². The maximum absolute atomic E-state index is 14.8. The van der Waals surface area contributed by atoms with Gasteiger partial charge in [0.05, 0.1) is 16.9 Å². The summed E-state index contributed by atoms with van der Waals surface area (Å²) in [5, 5.41) is 21.6. The number of nitrogens with zero attached hydrogens (tertiary/aromatic N) is 6. The van der Waals surface area contributed by atoms with Crippen LogP contribution in [0.3, 0.4) is 0 Å². The van der Waals surface area contributed by atoms with E-state index in [0.717, 1.165) is 5.56 Å². The standard InChI is InChI=1S/C30H31ClFN9O3.CH2O2/c1-18-15-20(3-4-21(18)29(42)39-10-12-40(13-11-39)30(43)37-19(2)16-34)38-27-28-36-17-23(41(28)9-8-35-27)22-5-6-24(44-14-7-33)26(32)25(22)31;2-1-3/h3-6,8-9,15,17,19H,10-14,16,34H2,1-2H3,(H,35,38)(H,37,43);1H,(H,2,3)/t19-;/m1./s1. The fourth-order valence-corrected chi connectivity index (χ4v) is 5.17. The molecule has 5 N–H and O–H groups in total. The second-order valence-corrected chi connectivity index (χ2v) is 10.8. The Balaban J connectivity index is 0.00000160. The number of piperazine rings is 1. The number of imidazole rings is 1. The molecule has 2 aromatic carbocycles. The highest BCUT2D eigenvalue weighted by Crippen LogP contribution is 2.36. The summed E-state index contributed by atoms with van der Waals surface area (Å²) in [5.41, 5.74) is 9.03. The molecule has 3 heterocycles. The highest BCUT2D eigenvalue weighted by Gasteiger charge is 2.26. The van der Waals surface area contributed by atoms with Crippen molar-refractivity contribution in [2.75, 3.05) is 44.6 Å². The third-order valence-electron chi connectivity index (χ3n) is 7.34. The molecule has 47 heavy (non-hydrogen) atoms. The Morgan fingerprint density at radius 1 is 1.21 bits per heavy atom. The molecule has 0 unspecified atom stereocenters. The maximum atomic E-state index is 14.8. The van der Waals surface area contributed by atoms with Crippen molar-refractivity contribution >= 4 is 47.2 Å². The molecule has 14 nitrogen and oxygen atoms in total. The molecule has 5 rings (SSSR count). The largest absolute Gasteiger partial charge is 0.483 e. The zero-order valence-electron chi connectivity index (χ0n) is 25.6. The van der Waals surface area contributed by atoms with Crippen LogP contribution in [0.2, 0.25) is 5.02 Å². The Labute approximate surface area is 274 Å². The molecule has 1 saturated heterocycles. The molecule has 1 aliphatic rings. The third kappa shape index (κ3) is 7.86. The van der Waals surface area contributed by atoms with Crippen molar-refractivity contribution in [3.8, 4) is 23.1 Å². The number of nitrogens with one attached hydrogen (secondary N) is 2. The Hall–Kier alpha value is -5.46. The number of aromatic nitrogens is 3. The minimum absolute atomic E-state index is 0.101. The second-order valence-electron chi connectivity index (χ2n) is 10.4. The first-order valence-corrected chi connectivity index (χ1v) is 14.8. The third-order valence-corrected chi connectivity index (χ3v) is 7.71. The van der Waals surface area contributed by atoms with E-state index in [1.165, 1.54) is 6.07 Å². The molecule has 16 heteroatoms. The van der Waals surface area contributed by atoms with E-state index < -0.39 is 5.82 Å². The van der Waals surface area contributed by atoms with Gasteiger partial charge < -0.3 is 36.0 Å². The number of aryl methyl sites for hydroxylation is 1. The van der Waals surface area contributed by atoms with Gasteiger partial charge in [-0.25, -0.2) is 19.2 Å². The molecule has 1 aliphatic heterocycles. The van der Waals surface area contributed by atoms with Gasteiger partial charge in [-0.15, -0.1) is 0 Å². The van der Waals surface area contributed by atoms with Crippen molar-refractivity contribution in [2.45, 2.75) is 19.9 Å². The van der Waals surface area contributed by atoms with Crippen LogP contribution in [0.4, 0.5) is 20.7 Å². The molecular formula is C31H33ClFN9O5. The van der Waals surface area contributed by atoms with E-state index >= 15 is 0 Å². The minimum Gasteiger partial charge on any atom is -0.483 e. The molecule has 1 fully saturated rings. The van der Waals surface area contributed by atoms with Crippen LogP contribution in [0.25, 0.3) is 16.9 Å². The first-order chi connectivity index (χ1) is 22.6. The monoisotopic (exact) mass is 665 g/mol. The summed E-state index contributed by atoms with van der Waals surface area (Å²) in [6.07, 6.45) is 4.83. The predicted octanol–water partition coefficient (Wildman–Crippen LogP) is 3.66. The number of anilines is 2. The zero-order valence-corrected chi connectivity index (χ0v) is 26.4. The van der Waals surface area contributed by atoms with Gasteiger partial charge in [0.25, 0.3) is 12.4 Å². The van der Waals surface area contributed by atoms with E-state index in [4.69, 9.17) is 37.2 Å². The van der Waals surface area contributed by atoms with Crippen molar-refractivity contribution in [3.63, 3.8) is 0 Å². The summed E-state index contributed by atoms with van der Waals surface area (Å²) >= 11 is 6.33. The summed E-state index contributed by atoms with van der Waals surface area (Å²) in [7, 11) is 0. The Kier molecular flexibility index (Phi) is 11.5. The first kappa shape index (κ1) is 34.4. The van der Waals surface area contributed by atoms with Gasteiger partial charge in [0.1, 0.15) is 6.07 Å². The molecule has 0 radical (unpaired) electrons. The van der Waals surface area contributed by atoms with Gasteiger partial charge in [0.15, 0.2) is 29.6 Å². The number of carbonyl (C=O) groups is 3. The minimum atomic E-state index is -0.767. The van der Waals surface area contributed by atoms with Crippen LogP contribution in [-0.4, -0.2) is 93.1 Å². The smallest absolute Gasteiger partial charge is 0.317 e. The number of hydrogen-bond acceptors (Lipinski definition) is 9. The highest BCUT2D eigenvalue weighted by atomic mass is 35.5. The molecule has 0 saturated carbocycles. The summed E-state index contributed by atoms with van der Waals surface area (Å²) < 4.78 is 21.7. The van der Waals surface area contributed by atoms with Crippen LogP contribution in [0.5, 0.6) is 5.75 Å². The van der Waals surface area contributed by atoms with E-state index in [2.05, 4.69) is 20.6 Å². The Morgan fingerprint density at radius 3 is 2.57 bits per heavy atom. The predicted molar refractivity (Wildman–Crippen MR) is 172 cm³/mol. The van der Waals surface area contributed by atoms with Gasteiger partial charge in [-0.1, -0.05) is 11.6 Å².